The highest BCUT2D eigenvalue weighted by molar-refractivity contribution is 6.21. The Morgan fingerprint density at radius 3 is 2.45 bits per heavy atom. The molecule has 1 rings (SSSR count). The van der Waals surface area contributed by atoms with E-state index in [4.69, 9.17) is 11.6 Å². The normalized spacial score (nSPS) is 12.6. The van der Waals surface area contributed by atoms with E-state index in [1.165, 1.54) is 13.0 Å². The fourth-order valence-electron chi connectivity index (χ4n) is 2.11. The van der Waals surface area contributed by atoms with Gasteiger partial charge in [-0.15, -0.1) is 11.6 Å². The molecule has 1 amide bonds. The number of carbonyl (C=O) groups is 1. The molecule has 0 heterocycles. The summed E-state index contributed by atoms with van der Waals surface area (Å²) >= 11 is 6.19. The molecule has 1 N–H and O–H groups in total. The van der Waals surface area contributed by atoms with Gasteiger partial charge in [-0.25, -0.2) is 8.78 Å². The van der Waals surface area contributed by atoms with Gasteiger partial charge in [0.05, 0.1) is 5.38 Å². The van der Waals surface area contributed by atoms with E-state index in [0.29, 0.717) is 0 Å². The molecular formula is C15H20ClF2NO. The van der Waals surface area contributed by atoms with Crippen molar-refractivity contribution in [1.82, 2.24) is 5.32 Å². The molecular weight excluding hydrogens is 284 g/mol. The lowest BCUT2D eigenvalue weighted by Gasteiger charge is -2.19. The first kappa shape index (κ1) is 16.9. The first-order valence-corrected chi connectivity index (χ1v) is 7.22. The number of nitrogens with one attached hydrogen (secondary N) is 1. The van der Waals surface area contributed by atoms with Crippen LogP contribution >= 0.6 is 11.6 Å². The Morgan fingerprint density at radius 2 is 1.90 bits per heavy atom. The third kappa shape index (κ3) is 3.92. The highest BCUT2D eigenvalue weighted by atomic mass is 35.5. The molecule has 1 atom stereocenters. The first-order chi connectivity index (χ1) is 9.42. The largest absolute Gasteiger partial charge is 0.350 e. The van der Waals surface area contributed by atoms with Gasteiger partial charge >= 0.3 is 0 Å². The van der Waals surface area contributed by atoms with Crippen molar-refractivity contribution in [3.63, 3.8) is 0 Å². The van der Waals surface area contributed by atoms with E-state index in [1.807, 2.05) is 13.8 Å². The number of aryl methyl sites for hydroxylation is 1. The number of hydrogen-bond donors (Lipinski definition) is 1. The first-order valence-electron chi connectivity index (χ1n) is 6.79. The topological polar surface area (TPSA) is 29.1 Å². The van der Waals surface area contributed by atoms with E-state index >= 15 is 0 Å². The molecule has 0 aliphatic rings. The molecule has 0 aliphatic heterocycles. The van der Waals surface area contributed by atoms with Crippen molar-refractivity contribution in [1.29, 1.82) is 0 Å². The highest BCUT2D eigenvalue weighted by Gasteiger charge is 2.21. The zero-order valence-corrected chi connectivity index (χ0v) is 12.7. The van der Waals surface area contributed by atoms with E-state index in [-0.39, 0.29) is 23.4 Å². The summed E-state index contributed by atoms with van der Waals surface area (Å²) in [4.78, 5) is 11.9. The number of carbonyl (C=O) groups excluding carboxylic acids is 1. The lowest BCUT2D eigenvalue weighted by atomic mass is 9.99. The van der Waals surface area contributed by atoms with Crippen molar-refractivity contribution in [3.8, 4) is 0 Å². The molecule has 20 heavy (non-hydrogen) atoms. The maximum Gasteiger partial charge on any atom is 0.257 e. The van der Waals surface area contributed by atoms with Crippen LogP contribution in [0.15, 0.2) is 12.1 Å². The lowest BCUT2D eigenvalue weighted by molar-refractivity contribution is 0.0943. The van der Waals surface area contributed by atoms with E-state index in [2.05, 4.69) is 5.32 Å². The zero-order chi connectivity index (χ0) is 15.3. The van der Waals surface area contributed by atoms with Gasteiger partial charge in [-0.05, 0) is 24.5 Å². The lowest BCUT2D eigenvalue weighted by Crippen LogP contribution is -2.34. The predicted molar refractivity (Wildman–Crippen MR) is 77.1 cm³/mol. The third-order valence-electron chi connectivity index (χ3n) is 3.53. The van der Waals surface area contributed by atoms with Gasteiger partial charge in [0.2, 0.25) is 0 Å². The van der Waals surface area contributed by atoms with Crippen molar-refractivity contribution in [2.75, 3.05) is 6.54 Å². The molecule has 0 radical (unpaired) electrons. The van der Waals surface area contributed by atoms with Gasteiger partial charge < -0.3 is 5.32 Å². The Labute approximate surface area is 123 Å². The quantitative estimate of drug-likeness (QED) is 0.789. The number of alkyl halides is 1. The van der Waals surface area contributed by atoms with E-state index in [0.717, 1.165) is 18.9 Å². The molecule has 1 aromatic carbocycles. The van der Waals surface area contributed by atoms with Crippen LogP contribution in [-0.2, 0) is 0 Å². The Kier molecular flexibility index (Phi) is 6.40. The summed E-state index contributed by atoms with van der Waals surface area (Å²) in [5.41, 5.74) is -0.308. The minimum absolute atomic E-state index is 0.194. The molecule has 0 spiro atoms. The average Bonchev–Trinajstić information content (AvgIpc) is 2.42. The Balaban J connectivity index is 2.76. The molecule has 112 valence electrons. The number of benzene rings is 1. The van der Waals surface area contributed by atoms with Crippen molar-refractivity contribution in [2.24, 2.45) is 5.92 Å². The van der Waals surface area contributed by atoms with Crippen molar-refractivity contribution in [2.45, 2.75) is 39.0 Å². The second-order valence-electron chi connectivity index (χ2n) is 4.86. The summed E-state index contributed by atoms with van der Waals surface area (Å²) in [6.45, 7) is 5.72. The fraction of sp³-hybridized carbons (Fsp3) is 0.533. The Bertz CT molecular complexity index is 475. The van der Waals surface area contributed by atoms with Crippen LogP contribution < -0.4 is 5.32 Å². The van der Waals surface area contributed by atoms with Crippen LogP contribution in [0.1, 0.15) is 42.6 Å². The molecule has 0 aromatic heterocycles. The molecule has 1 unspecified atom stereocenters. The molecule has 5 heteroatoms. The molecule has 0 saturated heterocycles. The van der Waals surface area contributed by atoms with Crippen molar-refractivity contribution in [3.05, 3.63) is 34.9 Å². The average molecular weight is 304 g/mol. The van der Waals surface area contributed by atoms with Crippen LogP contribution in [0.2, 0.25) is 0 Å². The zero-order valence-electron chi connectivity index (χ0n) is 12.0. The maximum atomic E-state index is 13.8. The summed E-state index contributed by atoms with van der Waals surface area (Å²) in [6.07, 6.45) is 1.79. The van der Waals surface area contributed by atoms with Gasteiger partial charge in [0.25, 0.3) is 5.91 Å². The van der Waals surface area contributed by atoms with Crippen LogP contribution in [0.25, 0.3) is 0 Å². The number of rotatable bonds is 6. The summed E-state index contributed by atoms with van der Waals surface area (Å²) < 4.78 is 27.4. The predicted octanol–water partition coefficient (Wildman–Crippen LogP) is 4.05. The van der Waals surface area contributed by atoms with Crippen molar-refractivity contribution >= 4 is 17.5 Å². The van der Waals surface area contributed by atoms with Gasteiger partial charge in [-0.1, -0.05) is 32.8 Å². The van der Waals surface area contributed by atoms with Gasteiger partial charge in [-0.3, -0.25) is 4.79 Å². The SMILES string of the molecule is CCC(CC)C(Cl)CNC(=O)c1c(F)ccc(C)c1F. The highest BCUT2D eigenvalue weighted by Crippen LogP contribution is 2.19. The molecule has 0 aliphatic carbocycles. The van der Waals surface area contributed by atoms with Crippen LogP contribution in [0, 0.1) is 24.5 Å². The third-order valence-corrected chi connectivity index (χ3v) is 4.04. The summed E-state index contributed by atoms with van der Waals surface area (Å²) in [5, 5.41) is 2.26. The monoisotopic (exact) mass is 303 g/mol. The smallest absolute Gasteiger partial charge is 0.257 e. The number of hydrogen-bond acceptors (Lipinski definition) is 1. The second kappa shape index (κ2) is 7.58. The Morgan fingerprint density at radius 1 is 1.30 bits per heavy atom. The summed E-state index contributed by atoms with van der Waals surface area (Å²) in [5.74, 6) is -2.18. The van der Waals surface area contributed by atoms with Crippen LogP contribution in [-0.4, -0.2) is 17.8 Å². The van der Waals surface area contributed by atoms with E-state index in [1.54, 1.807) is 0 Å². The van der Waals surface area contributed by atoms with Gasteiger partial charge in [0.1, 0.15) is 17.2 Å². The van der Waals surface area contributed by atoms with E-state index in [9.17, 15) is 13.6 Å². The van der Waals surface area contributed by atoms with Crippen LogP contribution in [0.5, 0.6) is 0 Å². The van der Waals surface area contributed by atoms with Crippen LogP contribution in [0.4, 0.5) is 8.78 Å². The van der Waals surface area contributed by atoms with Gasteiger partial charge in [-0.2, -0.15) is 0 Å². The molecule has 2 nitrogen and oxygen atoms in total. The number of amides is 1. The summed E-state index contributed by atoms with van der Waals surface area (Å²) in [6, 6.07) is 2.39. The fourth-order valence-corrected chi connectivity index (χ4v) is 2.54. The van der Waals surface area contributed by atoms with E-state index < -0.39 is 23.1 Å². The molecule has 0 saturated carbocycles. The summed E-state index contributed by atoms with van der Waals surface area (Å²) in [7, 11) is 0. The minimum atomic E-state index is -0.862. The molecule has 0 fully saturated rings. The minimum Gasteiger partial charge on any atom is -0.350 e. The van der Waals surface area contributed by atoms with Crippen LogP contribution in [0.3, 0.4) is 0 Å². The molecule has 1 aromatic rings. The standard InChI is InChI=1S/C15H20ClF2NO/c1-4-10(5-2)11(16)8-19-15(20)13-12(17)7-6-9(3)14(13)18/h6-7,10-11H,4-5,8H2,1-3H3,(H,19,20). The number of halogens is 3. The Hall–Kier alpha value is -1.16. The van der Waals surface area contributed by atoms with Gasteiger partial charge in [0, 0.05) is 6.54 Å². The van der Waals surface area contributed by atoms with Gasteiger partial charge in [0.15, 0.2) is 0 Å². The second-order valence-corrected chi connectivity index (χ2v) is 5.42. The maximum absolute atomic E-state index is 13.8. The van der Waals surface area contributed by atoms with Crippen molar-refractivity contribution < 1.29 is 13.6 Å². The molecule has 0 bridgehead atoms.